The van der Waals surface area contributed by atoms with Gasteiger partial charge in [0.2, 0.25) is 0 Å². The number of alkyl halides is 1. The van der Waals surface area contributed by atoms with Gasteiger partial charge in [0.1, 0.15) is 5.82 Å². The maximum absolute atomic E-state index is 12.2. The number of hydrogen-bond donors (Lipinski definition) is 0. The van der Waals surface area contributed by atoms with Crippen molar-refractivity contribution in [2.24, 2.45) is 0 Å². The van der Waals surface area contributed by atoms with Crippen molar-refractivity contribution in [1.82, 2.24) is 9.55 Å². The lowest BCUT2D eigenvalue weighted by Crippen LogP contribution is -2.30. The number of halogens is 1. The first kappa shape index (κ1) is 11.8. The summed E-state index contributed by atoms with van der Waals surface area (Å²) in [4.78, 5) is 16.8. The lowest BCUT2D eigenvalue weighted by atomic mass is 9.97. The average Bonchev–Trinajstić information content (AvgIpc) is 2.29. The fraction of sp³-hybridized carbons (Fsp3) is 0.667. The highest BCUT2D eigenvalue weighted by Gasteiger charge is 2.17. The Morgan fingerprint density at radius 3 is 2.88 bits per heavy atom. The quantitative estimate of drug-likeness (QED) is 0.798. The minimum atomic E-state index is 0.197. The van der Waals surface area contributed by atoms with Gasteiger partial charge in [-0.05, 0) is 39.0 Å². The third kappa shape index (κ3) is 2.21. The SMILES string of the molecule is Cc1nc2c(c(=O)n1CCCBr)CCCC2. The molecular formula is C12H17BrN2O. The number of nitrogens with zero attached hydrogens (tertiary/aromatic N) is 2. The number of rotatable bonds is 3. The first-order valence-electron chi connectivity index (χ1n) is 5.89. The van der Waals surface area contributed by atoms with Crippen LogP contribution >= 0.6 is 15.9 Å². The summed E-state index contributed by atoms with van der Waals surface area (Å²) in [5.74, 6) is 0.867. The van der Waals surface area contributed by atoms with Gasteiger partial charge in [0.25, 0.3) is 5.56 Å². The van der Waals surface area contributed by atoms with E-state index in [1.165, 1.54) is 6.42 Å². The largest absolute Gasteiger partial charge is 0.297 e. The van der Waals surface area contributed by atoms with Gasteiger partial charge in [-0.1, -0.05) is 15.9 Å². The van der Waals surface area contributed by atoms with Crippen molar-refractivity contribution in [1.29, 1.82) is 0 Å². The van der Waals surface area contributed by atoms with E-state index in [1.54, 1.807) is 0 Å². The molecule has 88 valence electrons. The lowest BCUT2D eigenvalue weighted by Gasteiger charge is -2.18. The number of aryl methyl sites for hydroxylation is 2. The Morgan fingerprint density at radius 2 is 2.12 bits per heavy atom. The van der Waals surface area contributed by atoms with Crippen molar-refractivity contribution < 1.29 is 0 Å². The lowest BCUT2D eigenvalue weighted by molar-refractivity contribution is 0.576. The van der Waals surface area contributed by atoms with Crippen molar-refractivity contribution >= 4 is 15.9 Å². The van der Waals surface area contributed by atoms with Crippen LogP contribution in [0.25, 0.3) is 0 Å². The van der Waals surface area contributed by atoms with Crippen LogP contribution in [-0.2, 0) is 19.4 Å². The Labute approximate surface area is 104 Å². The van der Waals surface area contributed by atoms with Gasteiger partial charge in [0.15, 0.2) is 0 Å². The molecule has 0 spiro atoms. The fourth-order valence-electron chi connectivity index (χ4n) is 2.29. The molecule has 2 rings (SSSR count). The van der Waals surface area contributed by atoms with E-state index in [0.29, 0.717) is 0 Å². The Kier molecular flexibility index (Phi) is 3.79. The molecule has 1 aliphatic rings. The van der Waals surface area contributed by atoms with E-state index < -0.39 is 0 Å². The molecule has 0 aliphatic heterocycles. The summed E-state index contributed by atoms with van der Waals surface area (Å²) in [6.45, 7) is 2.71. The monoisotopic (exact) mass is 284 g/mol. The van der Waals surface area contributed by atoms with Gasteiger partial charge in [0.05, 0.1) is 5.69 Å². The third-order valence-corrected chi connectivity index (χ3v) is 3.71. The van der Waals surface area contributed by atoms with E-state index in [2.05, 4.69) is 20.9 Å². The van der Waals surface area contributed by atoms with E-state index in [9.17, 15) is 4.79 Å². The van der Waals surface area contributed by atoms with Crippen LogP contribution in [0.2, 0.25) is 0 Å². The van der Waals surface area contributed by atoms with E-state index in [-0.39, 0.29) is 5.56 Å². The van der Waals surface area contributed by atoms with Crippen LogP contribution in [-0.4, -0.2) is 14.9 Å². The highest BCUT2D eigenvalue weighted by molar-refractivity contribution is 9.09. The normalized spacial score (nSPS) is 14.9. The van der Waals surface area contributed by atoms with Crippen molar-refractivity contribution in [2.45, 2.75) is 45.6 Å². The predicted molar refractivity (Wildman–Crippen MR) is 68.3 cm³/mol. The molecule has 0 bridgehead atoms. The topological polar surface area (TPSA) is 34.9 Å². The molecular weight excluding hydrogens is 268 g/mol. The third-order valence-electron chi connectivity index (χ3n) is 3.14. The molecule has 0 saturated carbocycles. The van der Waals surface area contributed by atoms with Gasteiger partial charge in [-0.2, -0.15) is 0 Å². The zero-order chi connectivity index (χ0) is 11.5. The predicted octanol–water partition coefficient (Wildman–Crippen LogP) is 2.22. The van der Waals surface area contributed by atoms with Crippen LogP contribution in [0, 0.1) is 6.92 Å². The standard InChI is InChI=1S/C12H17BrN2O/c1-9-14-11-6-3-2-5-10(11)12(16)15(9)8-4-7-13/h2-8H2,1H3. The Hall–Kier alpha value is -0.640. The first-order chi connectivity index (χ1) is 7.74. The summed E-state index contributed by atoms with van der Waals surface area (Å²) in [5.41, 5.74) is 2.21. The zero-order valence-electron chi connectivity index (χ0n) is 9.63. The molecule has 0 atom stereocenters. The molecule has 4 heteroatoms. The number of hydrogen-bond acceptors (Lipinski definition) is 2. The molecule has 1 aromatic heterocycles. The average molecular weight is 285 g/mol. The second-order valence-corrected chi connectivity index (χ2v) is 5.08. The molecule has 1 heterocycles. The fourth-order valence-corrected chi connectivity index (χ4v) is 2.54. The second-order valence-electron chi connectivity index (χ2n) is 4.29. The molecule has 0 fully saturated rings. The highest BCUT2D eigenvalue weighted by atomic mass is 79.9. The summed E-state index contributed by atoms with van der Waals surface area (Å²) in [7, 11) is 0. The molecule has 0 N–H and O–H groups in total. The molecule has 1 aliphatic carbocycles. The van der Waals surface area contributed by atoms with Gasteiger partial charge >= 0.3 is 0 Å². The van der Waals surface area contributed by atoms with Crippen LogP contribution in [0.1, 0.15) is 36.3 Å². The van der Waals surface area contributed by atoms with Crippen molar-refractivity contribution in [3.8, 4) is 0 Å². The van der Waals surface area contributed by atoms with Gasteiger partial charge in [-0.15, -0.1) is 0 Å². The van der Waals surface area contributed by atoms with Crippen LogP contribution in [0.4, 0.5) is 0 Å². The van der Waals surface area contributed by atoms with Crippen LogP contribution in [0.15, 0.2) is 4.79 Å². The van der Waals surface area contributed by atoms with Crippen molar-refractivity contribution in [2.75, 3.05) is 5.33 Å². The van der Waals surface area contributed by atoms with E-state index in [4.69, 9.17) is 0 Å². The number of fused-ring (bicyclic) bond motifs is 1. The zero-order valence-corrected chi connectivity index (χ0v) is 11.2. The van der Waals surface area contributed by atoms with E-state index >= 15 is 0 Å². The Balaban J connectivity index is 2.42. The summed E-state index contributed by atoms with van der Waals surface area (Å²) < 4.78 is 1.82. The summed E-state index contributed by atoms with van der Waals surface area (Å²) >= 11 is 3.40. The van der Waals surface area contributed by atoms with E-state index in [0.717, 1.165) is 54.6 Å². The summed E-state index contributed by atoms with van der Waals surface area (Å²) in [6, 6.07) is 0. The van der Waals surface area contributed by atoms with Crippen LogP contribution in [0.5, 0.6) is 0 Å². The molecule has 0 aromatic carbocycles. The van der Waals surface area contributed by atoms with Crippen LogP contribution in [0.3, 0.4) is 0 Å². The van der Waals surface area contributed by atoms with Gasteiger partial charge in [0, 0.05) is 17.4 Å². The molecule has 16 heavy (non-hydrogen) atoms. The highest BCUT2D eigenvalue weighted by Crippen LogP contribution is 2.16. The van der Waals surface area contributed by atoms with Crippen LogP contribution < -0.4 is 5.56 Å². The Morgan fingerprint density at radius 1 is 1.38 bits per heavy atom. The minimum Gasteiger partial charge on any atom is -0.297 e. The second kappa shape index (κ2) is 5.13. The maximum atomic E-state index is 12.2. The van der Waals surface area contributed by atoms with Crippen molar-refractivity contribution in [3.05, 3.63) is 27.4 Å². The molecule has 1 aromatic rings. The number of aromatic nitrogens is 2. The van der Waals surface area contributed by atoms with Crippen molar-refractivity contribution in [3.63, 3.8) is 0 Å². The summed E-state index contributed by atoms with van der Waals surface area (Å²) in [6.07, 6.45) is 5.16. The first-order valence-corrected chi connectivity index (χ1v) is 7.01. The van der Waals surface area contributed by atoms with Gasteiger partial charge in [-0.25, -0.2) is 4.98 Å². The smallest absolute Gasteiger partial charge is 0.256 e. The molecule has 0 radical (unpaired) electrons. The van der Waals surface area contributed by atoms with E-state index in [1.807, 2.05) is 11.5 Å². The maximum Gasteiger partial charge on any atom is 0.256 e. The van der Waals surface area contributed by atoms with Gasteiger partial charge < -0.3 is 0 Å². The van der Waals surface area contributed by atoms with Gasteiger partial charge in [-0.3, -0.25) is 9.36 Å². The summed E-state index contributed by atoms with van der Waals surface area (Å²) in [5, 5.41) is 0.927. The Bertz CT molecular complexity index is 439. The molecule has 0 unspecified atom stereocenters. The molecule has 0 saturated heterocycles. The molecule has 0 amide bonds. The minimum absolute atomic E-state index is 0.197. The molecule has 3 nitrogen and oxygen atoms in total.